The van der Waals surface area contributed by atoms with E-state index in [-0.39, 0.29) is 16.3 Å². The molecule has 0 aliphatic carbocycles. The van der Waals surface area contributed by atoms with E-state index >= 15 is 0 Å². The van der Waals surface area contributed by atoms with Crippen LogP contribution in [0.1, 0.15) is 10.4 Å². The van der Waals surface area contributed by atoms with Crippen molar-refractivity contribution in [3.63, 3.8) is 0 Å². The van der Waals surface area contributed by atoms with Crippen molar-refractivity contribution in [1.29, 1.82) is 0 Å². The van der Waals surface area contributed by atoms with Crippen LogP contribution in [0.25, 0.3) is 0 Å². The van der Waals surface area contributed by atoms with Gasteiger partial charge in [0.1, 0.15) is 9.21 Å². The van der Waals surface area contributed by atoms with Crippen LogP contribution in [0.15, 0.2) is 44.6 Å². The lowest BCUT2D eigenvalue weighted by atomic mass is 10.2. The summed E-state index contributed by atoms with van der Waals surface area (Å²) in [4.78, 5) is 20.2. The van der Waals surface area contributed by atoms with Gasteiger partial charge in [-0.1, -0.05) is 6.07 Å². The zero-order valence-electron chi connectivity index (χ0n) is 10.7. The molecule has 0 aliphatic rings. The molecule has 1 N–H and O–H groups in total. The van der Waals surface area contributed by atoms with Crippen LogP contribution in [0.2, 0.25) is 0 Å². The van der Waals surface area contributed by atoms with Crippen molar-refractivity contribution in [2.75, 3.05) is 11.6 Å². The van der Waals surface area contributed by atoms with Crippen molar-refractivity contribution >= 4 is 53.4 Å². The highest BCUT2D eigenvalue weighted by Gasteiger charge is 2.14. The van der Waals surface area contributed by atoms with Gasteiger partial charge in [0.15, 0.2) is 15.7 Å². The fraction of sp³-hybridized carbons (Fsp3) is 0.0833. The SMILES string of the molecule is CS(=O)(=O)c1cccc(C(=O)Nc2ncc(Br)nc2Br)c1. The minimum atomic E-state index is -3.37. The number of aromatic nitrogens is 2. The fourth-order valence-electron chi connectivity index (χ4n) is 1.48. The molecule has 1 amide bonds. The highest BCUT2D eigenvalue weighted by molar-refractivity contribution is 9.11. The third kappa shape index (κ3) is 4.08. The zero-order valence-corrected chi connectivity index (χ0v) is 14.7. The van der Waals surface area contributed by atoms with E-state index in [0.717, 1.165) is 6.26 Å². The highest BCUT2D eigenvalue weighted by atomic mass is 79.9. The Morgan fingerprint density at radius 1 is 1.29 bits per heavy atom. The molecule has 0 bridgehead atoms. The second-order valence-corrected chi connectivity index (χ2v) is 7.67. The van der Waals surface area contributed by atoms with Crippen molar-refractivity contribution in [3.05, 3.63) is 45.2 Å². The number of nitrogens with one attached hydrogen (secondary N) is 1. The number of amides is 1. The maximum atomic E-state index is 12.1. The van der Waals surface area contributed by atoms with Crippen molar-refractivity contribution in [1.82, 2.24) is 9.97 Å². The number of benzene rings is 1. The van der Waals surface area contributed by atoms with E-state index in [4.69, 9.17) is 0 Å². The van der Waals surface area contributed by atoms with Gasteiger partial charge in [0.05, 0.1) is 11.1 Å². The van der Waals surface area contributed by atoms with E-state index in [0.29, 0.717) is 9.21 Å². The number of carbonyl (C=O) groups is 1. The third-order valence-electron chi connectivity index (χ3n) is 2.46. The van der Waals surface area contributed by atoms with E-state index in [1.807, 2.05) is 0 Å². The van der Waals surface area contributed by atoms with Crippen LogP contribution in [0.4, 0.5) is 5.82 Å². The van der Waals surface area contributed by atoms with Crippen molar-refractivity contribution in [3.8, 4) is 0 Å². The van der Waals surface area contributed by atoms with Crippen LogP contribution in [-0.4, -0.2) is 30.5 Å². The molecule has 110 valence electrons. The zero-order chi connectivity index (χ0) is 15.6. The Balaban J connectivity index is 2.29. The van der Waals surface area contributed by atoms with Crippen LogP contribution in [0, 0.1) is 0 Å². The van der Waals surface area contributed by atoms with Gasteiger partial charge in [-0.05, 0) is 50.1 Å². The summed E-state index contributed by atoms with van der Waals surface area (Å²) in [7, 11) is -3.37. The Hall–Kier alpha value is -1.32. The van der Waals surface area contributed by atoms with Crippen molar-refractivity contribution in [2.24, 2.45) is 0 Å². The van der Waals surface area contributed by atoms with Gasteiger partial charge in [-0.25, -0.2) is 18.4 Å². The van der Waals surface area contributed by atoms with Crippen LogP contribution in [0.5, 0.6) is 0 Å². The Bertz CT molecular complexity index is 809. The topological polar surface area (TPSA) is 89.0 Å². The molecule has 0 unspecified atom stereocenters. The molecule has 0 radical (unpaired) electrons. The number of sulfone groups is 1. The fourth-order valence-corrected chi connectivity index (χ4v) is 3.06. The van der Waals surface area contributed by atoms with Gasteiger partial charge >= 0.3 is 0 Å². The molecule has 0 aliphatic heterocycles. The number of hydrogen-bond acceptors (Lipinski definition) is 5. The smallest absolute Gasteiger partial charge is 0.256 e. The standard InChI is InChI=1S/C12H9Br2N3O3S/c1-21(19,20)8-4-2-3-7(5-8)12(18)17-11-10(14)16-9(13)6-15-11/h2-6H,1H3,(H,15,17,18). The average Bonchev–Trinajstić information content (AvgIpc) is 2.41. The van der Waals surface area contributed by atoms with Crippen LogP contribution in [-0.2, 0) is 9.84 Å². The molecule has 9 heteroatoms. The summed E-state index contributed by atoms with van der Waals surface area (Å²) >= 11 is 6.34. The van der Waals surface area contributed by atoms with Crippen LogP contribution < -0.4 is 5.32 Å². The Morgan fingerprint density at radius 2 is 2.00 bits per heavy atom. The van der Waals surface area contributed by atoms with Gasteiger partial charge in [-0.15, -0.1) is 0 Å². The first kappa shape index (κ1) is 16.1. The monoisotopic (exact) mass is 433 g/mol. The highest BCUT2D eigenvalue weighted by Crippen LogP contribution is 2.20. The minimum absolute atomic E-state index is 0.0797. The lowest BCUT2D eigenvalue weighted by Crippen LogP contribution is -2.14. The van der Waals surface area contributed by atoms with Gasteiger partial charge in [0, 0.05) is 11.8 Å². The maximum Gasteiger partial charge on any atom is 0.256 e. The molecule has 0 saturated carbocycles. The van der Waals surface area contributed by atoms with Crippen molar-refractivity contribution in [2.45, 2.75) is 4.90 Å². The second-order valence-electron chi connectivity index (χ2n) is 4.09. The summed E-state index contributed by atoms with van der Waals surface area (Å²) in [6.45, 7) is 0. The van der Waals surface area contributed by atoms with Crippen LogP contribution >= 0.6 is 31.9 Å². The van der Waals surface area contributed by atoms with E-state index in [1.165, 1.54) is 30.5 Å². The molecular formula is C12H9Br2N3O3S. The molecule has 2 aromatic rings. The van der Waals surface area contributed by atoms with Crippen molar-refractivity contribution < 1.29 is 13.2 Å². The number of carbonyl (C=O) groups excluding carboxylic acids is 1. The summed E-state index contributed by atoms with van der Waals surface area (Å²) in [6.07, 6.45) is 2.52. The summed E-state index contributed by atoms with van der Waals surface area (Å²) in [5, 5.41) is 2.56. The first-order valence-corrected chi connectivity index (χ1v) is 9.04. The Labute approximate surface area is 138 Å². The third-order valence-corrected chi connectivity index (χ3v) is 4.50. The number of halogens is 2. The normalized spacial score (nSPS) is 11.2. The molecule has 21 heavy (non-hydrogen) atoms. The summed E-state index contributed by atoms with van der Waals surface area (Å²) in [5.74, 6) is -0.231. The molecule has 2 rings (SSSR count). The number of hydrogen-bond donors (Lipinski definition) is 1. The van der Waals surface area contributed by atoms with Gasteiger partial charge in [0.25, 0.3) is 5.91 Å². The van der Waals surface area contributed by atoms with E-state index in [1.54, 1.807) is 0 Å². The van der Waals surface area contributed by atoms with E-state index in [2.05, 4.69) is 47.1 Å². The number of nitrogens with zero attached hydrogens (tertiary/aromatic N) is 2. The molecule has 1 aromatic heterocycles. The second kappa shape index (κ2) is 6.20. The first-order valence-electron chi connectivity index (χ1n) is 5.57. The first-order chi connectivity index (χ1) is 9.77. The number of anilines is 1. The summed E-state index contributed by atoms with van der Waals surface area (Å²) < 4.78 is 23.9. The van der Waals surface area contributed by atoms with Crippen LogP contribution in [0.3, 0.4) is 0 Å². The van der Waals surface area contributed by atoms with Gasteiger partial charge in [0.2, 0.25) is 0 Å². The molecule has 1 heterocycles. The van der Waals surface area contributed by atoms with Gasteiger partial charge < -0.3 is 5.32 Å². The quantitative estimate of drug-likeness (QED) is 0.801. The largest absolute Gasteiger partial charge is 0.304 e. The molecular weight excluding hydrogens is 426 g/mol. The average molecular weight is 435 g/mol. The molecule has 6 nitrogen and oxygen atoms in total. The molecule has 0 saturated heterocycles. The van der Waals surface area contributed by atoms with Gasteiger partial charge in [-0.2, -0.15) is 0 Å². The lowest BCUT2D eigenvalue weighted by Gasteiger charge is -2.07. The molecule has 0 spiro atoms. The molecule has 0 fully saturated rings. The molecule has 1 aromatic carbocycles. The predicted octanol–water partition coefficient (Wildman–Crippen LogP) is 2.66. The minimum Gasteiger partial charge on any atom is -0.304 e. The predicted molar refractivity (Wildman–Crippen MR) is 84.9 cm³/mol. The number of rotatable bonds is 3. The molecule has 0 atom stereocenters. The lowest BCUT2D eigenvalue weighted by molar-refractivity contribution is 0.102. The van der Waals surface area contributed by atoms with E-state index < -0.39 is 15.7 Å². The Kier molecular flexibility index (Phi) is 4.74. The maximum absolute atomic E-state index is 12.1. The summed E-state index contributed by atoms with van der Waals surface area (Å²) in [6, 6.07) is 5.77. The summed E-state index contributed by atoms with van der Waals surface area (Å²) in [5.41, 5.74) is 0.217. The van der Waals surface area contributed by atoms with E-state index in [9.17, 15) is 13.2 Å². The Morgan fingerprint density at radius 3 is 2.62 bits per heavy atom. The van der Waals surface area contributed by atoms with Gasteiger partial charge in [-0.3, -0.25) is 4.79 Å².